The molecule has 1 atom stereocenters. The molecule has 0 fully saturated rings. The Morgan fingerprint density at radius 1 is 1.06 bits per heavy atom. The van der Waals surface area contributed by atoms with Gasteiger partial charge in [-0.15, -0.1) is 0 Å². The molecular weight excluding hydrogens is 472 g/mol. The Bertz CT molecular complexity index is 1380. The molecule has 3 aromatic carbocycles. The number of hydrogen-bond acceptors (Lipinski definition) is 5. The standard InChI is InChI=1S/C26H25ClN2O4S/c1-15(2)26(31)18-7-5-17(6-8-18)24-14-25(30)21-13-20(10-11-23(21)28-24)34(32,33)29-19-9-4-16(3)22(27)12-19/h4-13,15,24,28-29H,14H2,1-3H3. The Hall–Kier alpha value is -3.16. The van der Waals surface area contributed by atoms with Crippen LogP contribution in [0.1, 0.15) is 58.2 Å². The highest BCUT2D eigenvalue weighted by atomic mass is 35.5. The lowest BCUT2D eigenvalue weighted by Crippen LogP contribution is -2.24. The van der Waals surface area contributed by atoms with Crippen LogP contribution in [0.25, 0.3) is 0 Å². The van der Waals surface area contributed by atoms with Crippen molar-refractivity contribution >= 4 is 44.6 Å². The summed E-state index contributed by atoms with van der Waals surface area (Å²) in [4.78, 5) is 25.1. The van der Waals surface area contributed by atoms with E-state index in [-0.39, 0.29) is 34.8 Å². The van der Waals surface area contributed by atoms with E-state index in [4.69, 9.17) is 11.6 Å². The third kappa shape index (κ3) is 4.86. The Morgan fingerprint density at radius 2 is 1.76 bits per heavy atom. The molecule has 0 saturated carbocycles. The van der Waals surface area contributed by atoms with Crippen molar-refractivity contribution in [3.63, 3.8) is 0 Å². The molecule has 0 amide bonds. The van der Waals surface area contributed by atoms with E-state index in [0.717, 1.165) is 11.1 Å². The number of hydrogen-bond donors (Lipinski definition) is 2. The number of carbonyl (C=O) groups is 2. The summed E-state index contributed by atoms with van der Waals surface area (Å²) in [6.07, 6.45) is 0.176. The fraction of sp³-hybridized carbons (Fsp3) is 0.231. The van der Waals surface area contributed by atoms with Gasteiger partial charge in [0.1, 0.15) is 0 Å². The first-order valence-electron chi connectivity index (χ1n) is 10.9. The minimum Gasteiger partial charge on any atom is -0.377 e. The second-order valence-electron chi connectivity index (χ2n) is 8.74. The first kappa shape index (κ1) is 24.0. The van der Waals surface area contributed by atoms with Gasteiger partial charge in [-0.1, -0.05) is 55.8 Å². The average molecular weight is 497 g/mol. The van der Waals surface area contributed by atoms with E-state index in [2.05, 4.69) is 10.0 Å². The predicted molar refractivity (Wildman–Crippen MR) is 134 cm³/mol. The van der Waals surface area contributed by atoms with Crippen molar-refractivity contribution in [1.29, 1.82) is 0 Å². The molecule has 0 saturated heterocycles. The molecule has 0 aromatic heterocycles. The van der Waals surface area contributed by atoms with Crippen molar-refractivity contribution in [2.24, 2.45) is 5.92 Å². The summed E-state index contributed by atoms with van der Waals surface area (Å²) in [7, 11) is -3.91. The van der Waals surface area contributed by atoms with Crippen molar-refractivity contribution in [3.8, 4) is 0 Å². The maximum absolute atomic E-state index is 12.9. The predicted octanol–water partition coefficient (Wildman–Crippen LogP) is 6.03. The molecular formula is C26H25ClN2O4S. The van der Waals surface area contributed by atoms with Crippen LogP contribution in [-0.2, 0) is 10.0 Å². The lowest BCUT2D eigenvalue weighted by atomic mass is 9.91. The molecule has 1 heterocycles. The zero-order valence-corrected chi connectivity index (χ0v) is 20.6. The smallest absolute Gasteiger partial charge is 0.261 e. The van der Waals surface area contributed by atoms with Crippen molar-refractivity contribution in [3.05, 3.63) is 87.9 Å². The Morgan fingerprint density at radius 3 is 2.41 bits per heavy atom. The van der Waals surface area contributed by atoms with Crippen LogP contribution < -0.4 is 10.0 Å². The maximum atomic E-state index is 12.9. The normalized spacial score (nSPS) is 15.6. The van der Waals surface area contributed by atoms with Crippen molar-refractivity contribution in [2.75, 3.05) is 10.0 Å². The van der Waals surface area contributed by atoms with Gasteiger partial charge in [0, 0.05) is 34.2 Å². The number of carbonyl (C=O) groups excluding carboxylic acids is 2. The number of benzene rings is 3. The van der Waals surface area contributed by atoms with Crippen molar-refractivity contribution in [1.82, 2.24) is 0 Å². The van der Waals surface area contributed by atoms with Gasteiger partial charge in [-0.2, -0.15) is 0 Å². The van der Waals surface area contributed by atoms with Crippen LogP contribution in [-0.4, -0.2) is 20.0 Å². The lowest BCUT2D eigenvalue weighted by molar-refractivity contribution is 0.0937. The molecule has 34 heavy (non-hydrogen) atoms. The minimum atomic E-state index is -3.91. The molecule has 2 N–H and O–H groups in total. The fourth-order valence-electron chi connectivity index (χ4n) is 3.87. The van der Waals surface area contributed by atoms with Gasteiger partial charge in [0.15, 0.2) is 11.6 Å². The third-order valence-electron chi connectivity index (χ3n) is 5.87. The topological polar surface area (TPSA) is 92.3 Å². The molecule has 4 rings (SSSR count). The van der Waals surface area contributed by atoms with E-state index < -0.39 is 10.0 Å². The number of Topliss-reactive ketones (excluding diaryl/α,β-unsaturated/α-hetero) is 2. The molecule has 1 unspecified atom stereocenters. The van der Waals surface area contributed by atoms with E-state index in [0.29, 0.717) is 27.5 Å². The van der Waals surface area contributed by atoms with Gasteiger partial charge in [0.2, 0.25) is 0 Å². The molecule has 1 aliphatic rings. The molecule has 0 aliphatic carbocycles. The molecule has 0 bridgehead atoms. The van der Waals surface area contributed by atoms with Gasteiger partial charge in [0.25, 0.3) is 10.0 Å². The van der Waals surface area contributed by atoms with Crippen molar-refractivity contribution in [2.45, 2.75) is 38.1 Å². The second kappa shape index (κ2) is 9.24. The van der Waals surface area contributed by atoms with Gasteiger partial charge in [0.05, 0.1) is 16.6 Å². The highest BCUT2D eigenvalue weighted by Crippen LogP contribution is 2.34. The summed E-state index contributed by atoms with van der Waals surface area (Å²) in [6.45, 7) is 5.54. The number of halogens is 1. The lowest BCUT2D eigenvalue weighted by Gasteiger charge is -2.27. The Labute approximate surface area is 204 Å². The highest BCUT2D eigenvalue weighted by molar-refractivity contribution is 7.92. The summed E-state index contributed by atoms with van der Waals surface area (Å²) in [5.74, 6) is -0.175. The zero-order chi connectivity index (χ0) is 24.6. The quantitative estimate of drug-likeness (QED) is 0.406. The number of sulfonamides is 1. The summed E-state index contributed by atoms with van der Waals surface area (Å²) >= 11 is 6.10. The maximum Gasteiger partial charge on any atom is 0.261 e. The van der Waals surface area contributed by atoms with Crippen LogP contribution in [0.4, 0.5) is 11.4 Å². The monoisotopic (exact) mass is 496 g/mol. The molecule has 1 aliphatic heterocycles. The Kier molecular flexibility index (Phi) is 6.51. The first-order valence-corrected chi connectivity index (χ1v) is 12.8. The molecule has 0 radical (unpaired) electrons. The largest absolute Gasteiger partial charge is 0.377 e. The Balaban J connectivity index is 1.56. The summed E-state index contributed by atoms with van der Waals surface area (Å²) in [6, 6.07) is 16.3. The van der Waals surface area contributed by atoms with Crippen LogP contribution in [0.5, 0.6) is 0 Å². The minimum absolute atomic E-state index is 0.00639. The average Bonchev–Trinajstić information content (AvgIpc) is 2.80. The summed E-state index contributed by atoms with van der Waals surface area (Å²) in [5.41, 5.74) is 3.60. The van der Waals surface area contributed by atoms with Gasteiger partial charge in [-0.25, -0.2) is 8.42 Å². The van der Waals surface area contributed by atoms with E-state index in [1.54, 1.807) is 36.4 Å². The number of anilines is 2. The van der Waals surface area contributed by atoms with Crippen LogP contribution in [0.2, 0.25) is 5.02 Å². The number of ketones is 2. The summed E-state index contributed by atoms with van der Waals surface area (Å²) in [5, 5.41) is 3.77. The molecule has 3 aromatic rings. The van der Waals surface area contributed by atoms with Gasteiger partial charge >= 0.3 is 0 Å². The van der Waals surface area contributed by atoms with Crippen LogP contribution in [0.15, 0.2) is 65.6 Å². The fourth-order valence-corrected chi connectivity index (χ4v) is 5.12. The zero-order valence-electron chi connectivity index (χ0n) is 19.1. The second-order valence-corrected chi connectivity index (χ2v) is 10.8. The van der Waals surface area contributed by atoms with Gasteiger partial charge < -0.3 is 5.32 Å². The molecule has 8 heteroatoms. The van der Waals surface area contributed by atoms with E-state index in [1.165, 1.54) is 12.1 Å². The van der Waals surface area contributed by atoms with Gasteiger partial charge in [-0.05, 0) is 48.4 Å². The molecule has 6 nitrogen and oxygen atoms in total. The van der Waals surface area contributed by atoms with E-state index >= 15 is 0 Å². The van der Waals surface area contributed by atoms with Crippen molar-refractivity contribution < 1.29 is 18.0 Å². The van der Waals surface area contributed by atoms with Crippen LogP contribution >= 0.6 is 11.6 Å². The van der Waals surface area contributed by atoms with Gasteiger partial charge in [-0.3, -0.25) is 14.3 Å². The number of rotatable bonds is 6. The number of fused-ring (bicyclic) bond motifs is 1. The first-order chi connectivity index (χ1) is 16.0. The summed E-state index contributed by atoms with van der Waals surface area (Å²) < 4.78 is 28.3. The highest BCUT2D eigenvalue weighted by Gasteiger charge is 2.28. The number of aryl methyl sites for hydroxylation is 1. The van der Waals surface area contributed by atoms with E-state index in [1.807, 2.05) is 32.9 Å². The molecule has 0 spiro atoms. The van der Waals surface area contributed by atoms with Crippen LogP contribution in [0.3, 0.4) is 0 Å². The molecule has 176 valence electrons. The van der Waals surface area contributed by atoms with Crippen LogP contribution in [0, 0.1) is 12.8 Å². The third-order valence-corrected chi connectivity index (χ3v) is 7.65. The SMILES string of the molecule is Cc1ccc(NS(=O)(=O)c2ccc3c(c2)C(=O)CC(c2ccc(C(=O)C(C)C)cc2)N3)cc1Cl. The van der Waals surface area contributed by atoms with E-state index in [9.17, 15) is 18.0 Å². The number of nitrogens with one attached hydrogen (secondary N) is 2.